The predicted molar refractivity (Wildman–Crippen MR) is 48.8 cm³/mol. The van der Waals surface area contributed by atoms with Crippen molar-refractivity contribution in [2.24, 2.45) is 0 Å². The molecule has 0 spiro atoms. The first-order valence-electron chi connectivity index (χ1n) is 3.83. The lowest BCUT2D eigenvalue weighted by Crippen LogP contribution is -2.19. The molecule has 1 aromatic heterocycles. The Hall–Kier alpha value is -0.920. The van der Waals surface area contributed by atoms with Gasteiger partial charge >= 0.3 is 0 Å². The maximum Gasteiger partial charge on any atom is 0.0795 e. The van der Waals surface area contributed by atoms with E-state index in [0.29, 0.717) is 6.42 Å². The Balaban J connectivity index is 2.30. The Kier molecular flexibility index (Phi) is 3.71. The van der Waals surface area contributed by atoms with Gasteiger partial charge in [-0.1, -0.05) is 0 Å². The summed E-state index contributed by atoms with van der Waals surface area (Å²) in [5, 5.41) is 13.5. The molecular weight excluding hydrogens is 170 g/mol. The van der Waals surface area contributed by atoms with Crippen molar-refractivity contribution < 1.29 is 0 Å². The number of hydrogen-bond acceptors (Lipinski definition) is 4. The van der Waals surface area contributed by atoms with E-state index in [-0.39, 0.29) is 6.04 Å². The minimum Gasteiger partial charge on any atom is -0.308 e. The van der Waals surface area contributed by atoms with Crippen LogP contribution in [-0.2, 0) is 0 Å². The summed E-state index contributed by atoms with van der Waals surface area (Å²) in [4.78, 5) is 4.17. The molecule has 0 amide bonds. The van der Waals surface area contributed by atoms with Crippen LogP contribution in [-0.4, -0.2) is 11.5 Å². The second-order valence-electron chi connectivity index (χ2n) is 2.50. The van der Waals surface area contributed by atoms with Gasteiger partial charge in [0.05, 0.1) is 17.3 Å². The summed E-state index contributed by atoms with van der Waals surface area (Å²) < 4.78 is 0. The minimum atomic E-state index is 0.254. The Morgan fingerprint density at radius 1 is 1.83 bits per heavy atom. The van der Waals surface area contributed by atoms with E-state index in [1.165, 1.54) is 0 Å². The average Bonchev–Trinajstić information content (AvgIpc) is 2.56. The van der Waals surface area contributed by atoms with Crippen LogP contribution >= 0.6 is 11.3 Å². The van der Waals surface area contributed by atoms with Gasteiger partial charge in [0.25, 0.3) is 0 Å². The largest absolute Gasteiger partial charge is 0.308 e. The lowest BCUT2D eigenvalue weighted by molar-refractivity contribution is 0.572. The standard InChI is InChI=1S/C8H11N3S/c1-7(10-4-2-3-9)8-5-12-6-11-8/h5-7,10H,2,4H2,1H3. The van der Waals surface area contributed by atoms with E-state index in [2.05, 4.69) is 16.4 Å². The Labute approximate surface area is 76.1 Å². The third-order valence-electron chi connectivity index (χ3n) is 1.58. The highest BCUT2D eigenvalue weighted by molar-refractivity contribution is 7.07. The molecule has 0 aromatic carbocycles. The van der Waals surface area contributed by atoms with Crippen molar-refractivity contribution >= 4 is 11.3 Å². The number of rotatable bonds is 4. The van der Waals surface area contributed by atoms with Crippen LogP contribution in [0.3, 0.4) is 0 Å². The molecule has 0 radical (unpaired) electrons. The van der Waals surface area contributed by atoms with Crippen molar-refractivity contribution in [3.8, 4) is 6.07 Å². The predicted octanol–water partition coefficient (Wildman–Crippen LogP) is 1.71. The molecule has 0 aliphatic rings. The van der Waals surface area contributed by atoms with Crippen molar-refractivity contribution in [3.63, 3.8) is 0 Å². The number of nitrogens with one attached hydrogen (secondary N) is 1. The average molecular weight is 181 g/mol. The number of hydrogen-bond donors (Lipinski definition) is 1. The van der Waals surface area contributed by atoms with Crippen LogP contribution in [0.5, 0.6) is 0 Å². The van der Waals surface area contributed by atoms with E-state index in [4.69, 9.17) is 5.26 Å². The molecule has 1 aromatic rings. The van der Waals surface area contributed by atoms with Gasteiger partial charge in [0.1, 0.15) is 0 Å². The Morgan fingerprint density at radius 3 is 3.25 bits per heavy atom. The third-order valence-corrected chi connectivity index (χ3v) is 2.19. The van der Waals surface area contributed by atoms with E-state index in [9.17, 15) is 0 Å². The zero-order valence-corrected chi connectivity index (χ0v) is 7.77. The fraction of sp³-hybridized carbons (Fsp3) is 0.500. The van der Waals surface area contributed by atoms with E-state index in [1.807, 2.05) is 17.8 Å². The quantitative estimate of drug-likeness (QED) is 0.719. The minimum absolute atomic E-state index is 0.254. The zero-order chi connectivity index (χ0) is 8.81. The lowest BCUT2D eigenvalue weighted by atomic mass is 10.2. The van der Waals surface area contributed by atoms with E-state index in [0.717, 1.165) is 12.2 Å². The second-order valence-corrected chi connectivity index (χ2v) is 3.22. The normalized spacial score (nSPS) is 12.3. The molecule has 64 valence electrons. The summed E-state index contributed by atoms with van der Waals surface area (Å²) in [6, 6.07) is 2.34. The van der Waals surface area contributed by atoms with Gasteiger partial charge < -0.3 is 5.32 Å². The van der Waals surface area contributed by atoms with Crippen LogP contribution < -0.4 is 5.32 Å². The van der Waals surface area contributed by atoms with Crippen molar-refractivity contribution in [2.75, 3.05) is 6.54 Å². The molecule has 4 heteroatoms. The monoisotopic (exact) mass is 181 g/mol. The van der Waals surface area contributed by atoms with Gasteiger partial charge in [-0.15, -0.1) is 11.3 Å². The maximum absolute atomic E-state index is 8.31. The highest BCUT2D eigenvalue weighted by Crippen LogP contribution is 2.11. The van der Waals surface area contributed by atoms with Crippen molar-refractivity contribution in [1.29, 1.82) is 5.26 Å². The first-order chi connectivity index (χ1) is 5.84. The molecule has 3 nitrogen and oxygen atoms in total. The van der Waals surface area contributed by atoms with Crippen LogP contribution in [0.1, 0.15) is 25.1 Å². The van der Waals surface area contributed by atoms with Gasteiger partial charge in [-0.05, 0) is 6.92 Å². The second kappa shape index (κ2) is 4.86. The summed E-state index contributed by atoms with van der Waals surface area (Å²) in [5.74, 6) is 0. The fourth-order valence-corrected chi connectivity index (χ4v) is 1.53. The van der Waals surface area contributed by atoms with E-state index in [1.54, 1.807) is 11.3 Å². The molecule has 0 bridgehead atoms. The van der Waals surface area contributed by atoms with Crippen LogP contribution in [0.25, 0.3) is 0 Å². The van der Waals surface area contributed by atoms with Crippen molar-refractivity contribution in [1.82, 2.24) is 10.3 Å². The van der Waals surface area contributed by atoms with Gasteiger partial charge in [-0.25, -0.2) is 4.98 Å². The first kappa shape index (κ1) is 9.17. The number of aromatic nitrogens is 1. The molecule has 0 aliphatic carbocycles. The Morgan fingerprint density at radius 2 is 2.67 bits per heavy atom. The summed E-state index contributed by atoms with van der Waals surface area (Å²) in [7, 11) is 0. The topological polar surface area (TPSA) is 48.7 Å². The molecule has 1 atom stereocenters. The number of thiazole rings is 1. The third kappa shape index (κ3) is 2.61. The van der Waals surface area contributed by atoms with Gasteiger partial charge in [-0.3, -0.25) is 0 Å². The molecule has 0 aliphatic heterocycles. The highest BCUT2D eigenvalue weighted by atomic mass is 32.1. The summed E-state index contributed by atoms with van der Waals surface area (Å²) in [5.41, 5.74) is 2.87. The van der Waals surface area contributed by atoms with Crippen LogP contribution in [0.15, 0.2) is 10.9 Å². The summed E-state index contributed by atoms with van der Waals surface area (Å²) >= 11 is 1.59. The number of nitrogens with zero attached hydrogens (tertiary/aromatic N) is 2. The van der Waals surface area contributed by atoms with E-state index >= 15 is 0 Å². The molecular formula is C8H11N3S. The van der Waals surface area contributed by atoms with Crippen LogP contribution in [0.4, 0.5) is 0 Å². The molecule has 1 N–H and O–H groups in total. The molecule has 12 heavy (non-hydrogen) atoms. The van der Waals surface area contributed by atoms with Crippen LogP contribution in [0, 0.1) is 11.3 Å². The molecule has 1 heterocycles. The molecule has 0 saturated carbocycles. The molecule has 1 unspecified atom stereocenters. The summed E-state index contributed by atoms with van der Waals surface area (Å²) in [6.07, 6.45) is 0.550. The molecule has 1 rings (SSSR count). The first-order valence-corrected chi connectivity index (χ1v) is 4.77. The van der Waals surface area contributed by atoms with Crippen molar-refractivity contribution in [2.45, 2.75) is 19.4 Å². The highest BCUT2D eigenvalue weighted by Gasteiger charge is 2.04. The molecule has 0 saturated heterocycles. The van der Waals surface area contributed by atoms with Crippen molar-refractivity contribution in [3.05, 3.63) is 16.6 Å². The summed E-state index contributed by atoms with van der Waals surface area (Å²) in [6.45, 7) is 2.78. The van der Waals surface area contributed by atoms with Crippen LogP contribution in [0.2, 0.25) is 0 Å². The van der Waals surface area contributed by atoms with Gasteiger partial charge in [0.2, 0.25) is 0 Å². The maximum atomic E-state index is 8.31. The Bertz CT molecular complexity index is 250. The lowest BCUT2D eigenvalue weighted by Gasteiger charge is -2.08. The fourth-order valence-electron chi connectivity index (χ4n) is 0.885. The SMILES string of the molecule is CC(NCCC#N)c1cscn1. The number of nitriles is 1. The molecule has 0 fully saturated rings. The van der Waals surface area contributed by atoms with E-state index < -0.39 is 0 Å². The smallest absolute Gasteiger partial charge is 0.0795 e. The van der Waals surface area contributed by atoms with Gasteiger partial charge in [0, 0.05) is 24.4 Å². The van der Waals surface area contributed by atoms with Gasteiger partial charge in [0.15, 0.2) is 0 Å². The zero-order valence-electron chi connectivity index (χ0n) is 6.95. The van der Waals surface area contributed by atoms with Gasteiger partial charge in [-0.2, -0.15) is 5.26 Å².